The van der Waals surface area contributed by atoms with Crippen LogP contribution in [-0.2, 0) is 19.1 Å². The van der Waals surface area contributed by atoms with E-state index >= 15 is 0 Å². The molecule has 2 aliphatic carbocycles. The fourth-order valence-corrected chi connectivity index (χ4v) is 4.80. The third-order valence-electron chi connectivity index (χ3n) is 6.30. The van der Waals surface area contributed by atoms with Crippen LogP contribution >= 0.6 is 0 Å². The summed E-state index contributed by atoms with van der Waals surface area (Å²) < 4.78 is 10.9. The lowest BCUT2D eigenvalue weighted by molar-refractivity contribution is -0.153. The Labute approximate surface area is 148 Å². The van der Waals surface area contributed by atoms with Crippen molar-refractivity contribution < 1.29 is 19.1 Å². The van der Waals surface area contributed by atoms with Gasteiger partial charge in [-0.3, -0.25) is 4.79 Å². The Balaban J connectivity index is 1.56. The minimum Gasteiger partial charge on any atom is -0.458 e. The van der Waals surface area contributed by atoms with E-state index in [1.807, 2.05) is 6.92 Å². The van der Waals surface area contributed by atoms with Gasteiger partial charge in [-0.2, -0.15) is 0 Å². The number of cyclic esters (lactones) is 1. The van der Waals surface area contributed by atoms with Gasteiger partial charge in [0, 0.05) is 17.1 Å². The zero-order chi connectivity index (χ0) is 17.9. The lowest BCUT2D eigenvalue weighted by Gasteiger charge is -2.35. The average Bonchev–Trinajstić information content (AvgIpc) is 3.12. The molecule has 1 fully saturated rings. The maximum absolute atomic E-state index is 12.5. The molecule has 0 aromatic carbocycles. The standard InChI is InChI=1S/C20H25NO4/c1-10-11(2)19(25-18(10)23)24-9-14-13-8-12-6-5-7-20(3,4)15(12)16(13)21-17(14)22/h9,13,16,19H,5-8H2,1-4H3,(H,21,22)/b14-9+/t13-,16+,19?/m1/s1. The normalized spacial score (nSPS) is 35.0. The highest BCUT2D eigenvalue weighted by Crippen LogP contribution is 2.53. The second-order valence-electron chi connectivity index (χ2n) is 8.27. The minimum absolute atomic E-state index is 0.0643. The van der Waals surface area contributed by atoms with Crippen LogP contribution in [0.5, 0.6) is 0 Å². The lowest BCUT2D eigenvalue weighted by atomic mass is 9.72. The number of ether oxygens (including phenoxy) is 2. The molecule has 0 radical (unpaired) electrons. The van der Waals surface area contributed by atoms with Crippen LogP contribution in [0.4, 0.5) is 0 Å². The third-order valence-corrected chi connectivity index (χ3v) is 6.30. The predicted molar refractivity (Wildman–Crippen MR) is 92.1 cm³/mol. The molecule has 0 aromatic heterocycles. The van der Waals surface area contributed by atoms with Gasteiger partial charge >= 0.3 is 5.97 Å². The SMILES string of the molecule is CC1=C(C)C(O/C=C2/C(=O)N[C@@H]3C4=C(CCCC4(C)C)C[C@H]23)OC1=O. The van der Waals surface area contributed by atoms with Crippen molar-refractivity contribution >= 4 is 11.9 Å². The highest BCUT2D eigenvalue weighted by Gasteiger charge is 2.50. The molecule has 3 atom stereocenters. The Hall–Kier alpha value is -2.04. The summed E-state index contributed by atoms with van der Waals surface area (Å²) in [6.07, 6.45) is 5.25. The molecule has 0 saturated carbocycles. The number of allylic oxidation sites excluding steroid dienone is 1. The molecular formula is C20H25NO4. The van der Waals surface area contributed by atoms with Gasteiger partial charge in [-0.25, -0.2) is 4.79 Å². The quantitative estimate of drug-likeness (QED) is 0.362. The first-order chi connectivity index (χ1) is 11.8. The van der Waals surface area contributed by atoms with E-state index < -0.39 is 6.29 Å². The van der Waals surface area contributed by atoms with Crippen molar-refractivity contribution in [2.24, 2.45) is 11.3 Å². The fourth-order valence-electron chi connectivity index (χ4n) is 4.80. The van der Waals surface area contributed by atoms with Gasteiger partial charge in [0.05, 0.1) is 17.9 Å². The zero-order valence-electron chi connectivity index (χ0n) is 15.3. The van der Waals surface area contributed by atoms with Crippen molar-refractivity contribution in [2.75, 3.05) is 0 Å². The van der Waals surface area contributed by atoms with Crippen molar-refractivity contribution in [3.05, 3.63) is 34.1 Å². The molecule has 134 valence electrons. The van der Waals surface area contributed by atoms with Gasteiger partial charge in [0.1, 0.15) is 0 Å². The Kier molecular flexibility index (Phi) is 3.60. The van der Waals surface area contributed by atoms with Crippen molar-refractivity contribution in [1.29, 1.82) is 0 Å². The Morgan fingerprint density at radius 2 is 2.04 bits per heavy atom. The maximum Gasteiger partial charge on any atom is 0.337 e. The molecule has 1 saturated heterocycles. The molecule has 5 nitrogen and oxygen atoms in total. The zero-order valence-corrected chi connectivity index (χ0v) is 15.3. The topological polar surface area (TPSA) is 64.6 Å². The molecule has 4 aliphatic rings. The van der Waals surface area contributed by atoms with E-state index in [0.717, 1.165) is 18.4 Å². The number of fused-ring (bicyclic) bond motifs is 2. The highest BCUT2D eigenvalue weighted by molar-refractivity contribution is 5.97. The summed E-state index contributed by atoms with van der Waals surface area (Å²) in [6.45, 7) is 8.11. The minimum atomic E-state index is -0.715. The molecule has 2 heterocycles. The van der Waals surface area contributed by atoms with Crippen LogP contribution in [0, 0.1) is 11.3 Å². The number of hydrogen-bond donors (Lipinski definition) is 1. The Morgan fingerprint density at radius 3 is 2.72 bits per heavy atom. The molecular weight excluding hydrogens is 318 g/mol. The molecule has 1 N–H and O–H groups in total. The molecule has 0 spiro atoms. The summed E-state index contributed by atoms with van der Waals surface area (Å²) in [6, 6.07) is 0.0946. The summed E-state index contributed by atoms with van der Waals surface area (Å²) >= 11 is 0. The monoisotopic (exact) mass is 343 g/mol. The van der Waals surface area contributed by atoms with E-state index in [-0.39, 0.29) is 29.3 Å². The molecule has 5 heteroatoms. The van der Waals surface area contributed by atoms with Crippen LogP contribution in [-0.4, -0.2) is 24.2 Å². The average molecular weight is 343 g/mol. The van der Waals surface area contributed by atoms with Crippen LogP contribution in [0.1, 0.15) is 53.4 Å². The van der Waals surface area contributed by atoms with Gasteiger partial charge in [0.25, 0.3) is 12.2 Å². The van der Waals surface area contributed by atoms with Crippen LogP contribution in [0.3, 0.4) is 0 Å². The van der Waals surface area contributed by atoms with Crippen LogP contribution in [0.25, 0.3) is 0 Å². The second-order valence-corrected chi connectivity index (χ2v) is 8.27. The van der Waals surface area contributed by atoms with E-state index in [0.29, 0.717) is 11.1 Å². The maximum atomic E-state index is 12.5. The van der Waals surface area contributed by atoms with E-state index in [1.54, 1.807) is 6.92 Å². The van der Waals surface area contributed by atoms with Gasteiger partial charge in [0.2, 0.25) is 0 Å². The van der Waals surface area contributed by atoms with Crippen LogP contribution in [0.15, 0.2) is 34.1 Å². The van der Waals surface area contributed by atoms with Crippen LogP contribution in [0.2, 0.25) is 0 Å². The molecule has 0 bridgehead atoms. The number of esters is 1. The molecule has 4 rings (SSSR count). The number of nitrogens with one attached hydrogen (secondary N) is 1. The van der Waals surface area contributed by atoms with Crippen LogP contribution < -0.4 is 5.32 Å². The number of amides is 1. The van der Waals surface area contributed by atoms with Crippen molar-refractivity contribution in [3.63, 3.8) is 0 Å². The summed E-state index contributed by atoms with van der Waals surface area (Å²) in [7, 11) is 0. The first-order valence-corrected chi connectivity index (χ1v) is 9.07. The van der Waals surface area contributed by atoms with E-state index in [9.17, 15) is 9.59 Å². The summed E-state index contributed by atoms with van der Waals surface area (Å²) in [5.74, 6) is -0.280. The Bertz CT molecular complexity index is 756. The molecule has 2 aliphatic heterocycles. The van der Waals surface area contributed by atoms with Gasteiger partial charge in [0.15, 0.2) is 0 Å². The largest absolute Gasteiger partial charge is 0.458 e. The van der Waals surface area contributed by atoms with Crippen molar-refractivity contribution in [2.45, 2.75) is 65.7 Å². The molecule has 0 aromatic rings. The third kappa shape index (κ3) is 2.43. The second kappa shape index (κ2) is 5.48. The highest BCUT2D eigenvalue weighted by atomic mass is 16.7. The first kappa shape index (κ1) is 16.4. The van der Waals surface area contributed by atoms with Crippen molar-refractivity contribution in [1.82, 2.24) is 5.32 Å². The van der Waals surface area contributed by atoms with Gasteiger partial charge in [-0.15, -0.1) is 0 Å². The number of carbonyl (C=O) groups is 2. The molecule has 1 unspecified atom stereocenters. The molecule has 25 heavy (non-hydrogen) atoms. The summed E-state index contributed by atoms with van der Waals surface area (Å²) in [4.78, 5) is 24.1. The summed E-state index contributed by atoms with van der Waals surface area (Å²) in [5.41, 5.74) is 5.10. The number of hydrogen-bond acceptors (Lipinski definition) is 4. The van der Waals surface area contributed by atoms with Gasteiger partial charge < -0.3 is 14.8 Å². The molecule has 1 amide bonds. The van der Waals surface area contributed by atoms with E-state index in [2.05, 4.69) is 19.2 Å². The lowest BCUT2D eigenvalue weighted by Crippen LogP contribution is -2.35. The van der Waals surface area contributed by atoms with E-state index in [4.69, 9.17) is 9.47 Å². The number of rotatable bonds is 2. The van der Waals surface area contributed by atoms with Crippen molar-refractivity contribution in [3.8, 4) is 0 Å². The summed E-state index contributed by atoms with van der Waals surface area (Å²) in [5, 5.41) is 3.16. The fraction of sp³-hybridized carbons (Fsp3) is 0.600. The predicted octanol–water partition coefficient (Wildman–Crippen LogP) is 3.13. The first-order valence-electron chi connectivity index (χ1n) is 9.07. The smallest absolute Gasteiger partial charge is 0.337 e. The number of carbonyl (C=O) groups excluding carboxylic acids is 2. The van der Waals surface area contributed by atoms with Gasteiger partial charge in [-0.1, -0.05) is 19.4 Å². The van der Waals surface area contributed by atoms with Gasteiger partial charge in [-0.05, 0) is 50.5 Å². The Morgan fingerprint density at radius 1 is 1.28 bits per heavy atom. The van der Waals surface area contributed by atoms with E-state index in [1.165, 1.54) is 30.2 Å².